The van der Waals surface area contributed by atoms with E-state index in [1.54, 1.807) is 24.2 Å². The first-order valence-electron chi connectivity index (χ1n) is 7.23. The van der Waals surface area contributed by atoms with Gasteiger partial charge in [-0.25, -0.2) is 8.42 Å². The van der Waals surface area contributed by atoms with E-state index in [1.807, 2.05) is 0 Å². The third-order valence-electron chi connectivity index (χ3n) is 3.87. The molecule has 2 heterocycles. The van der Waals surface area contributed by atoms with Crippen LogP contribution in [0.4, 0.5) is 0 Å². The summed E-state index contributed by atoms with van der Waals surface area (Å²) in [5, 5.41) is 3.33. The van der Waals surface area contributed by atoms with Crippen LogP contribution in [-0.2, 0) is 10.0 Å². The lowest BCUT2D eigenvalue weighted by Gasteiger charge is -2.31. The van der Waals surface area contributed by atoms with Gasteiger partial charge in [0, 0.05) is 13.1 Å². The van der Waals surface area contributed by atoms with Gasteiger partial charge < -0.3 is 9.73 Å². The first kappa shape index (κ1) is 15.5. The summed E-state index contributed by atoms with van der Waals surface area (Å²) in [4.78, 5) is 0.320. The van der Waals surface area contributed by atoms with E-state index in [-0.39, 0.29) is 0 Å². The number of hydrogen-bond donors (Lipinski definition) is 1. The van der Waals surface area contributed by atoms with Gasteiger partial charge in [-0.3, -0.25) is 0 Å². The maximum absolute atomic E-state index is 12.6. The van der Waals surface area contributed by atoms with Gasteiger partial charge in [0.05, 0.1) is 0 Å². The molecule has 0 bridgehead atoms. The zero-order valence-corrected chi connectivity index (χ0v) is 13.3. The van der Waals surface area contributed by atoms with Crippen molar-refractivity contribution >= 4 is 10.0 Å². The van der Waals surface area contributed by atoms with Crippen LogP contribution in [0.1, 0.15) is 31.3 Å². The lowest BCUT2D eigenvalue weighted by molar-refractivity contribution is 0.268. The van der Waals surface area contributed by atoms with Crippen LogP contribution in [0.2, 0.25) is 0 Å². The first-order valence-corrected chi connectivity index (χ1v) is 8.67. The number of nitrogens with zero attached hydrogens (tertiary/aromatic N) is 1. The molecule has 114 valence electrons. The number of hydrogen-bond acceptors (Lipinski definition) is 4. The van der Waals surface area contributed by atoms with Crippen molar-refractivity contribution in [2.24, 2.45) is 5.92 Å². The number of rotatable bonds is 5. The van der Waals surface area contributed by atoms with Gasteiger partial charge in [-0.1, -0.05) is 6.92 Å². The van der Waals surface area contributed by atoms with Crippen LogP contribution < -0.4 is 5.32 Å². The molecular weight excluding hydrogens is 276 g/mol. The minimum Gasteiger partial charge on any atom is -0.465 e. The minimum atomic E-state index is -3.40. The number of sulfonamides is 1. The Balaban J connectivity index is 2.04. The van der Waals surface area contributed by atoms with E-state index < -0.39 is 10.0 Å². The van der Waals surface area contributed by atoms with Crippen molar-refractivity contribution in [3.05, 3.63) is 17.6 Å². The number of furan rings is 1. The number of aryl methyl sites for hydroxylation is 2. The van der Waals surface area contributed by atoms with E-state index in [9.17, 15) is 8.42 Å². The molecule has 1 saturated heterocycles. The third kappa shape index (κ3) is 3.24. The molecule has 1 N–H and O–H groups in total. The summed E-state index contributed by atoms with van der Waals surface area (Å²) in [5.74, 6) is 1.70. The zero-order chi connectivity index (χ0) is 14.8. The van der Waals surface area contributed by atoms with Crippen LogP contribution in [0.5, 0.6) is 0 Å². The van der Waals surface area contributed by atoms with Crippen molar-refractivity contribution < 1.29 is 12.8 Å². The van der Waals surface area contributed by atoms with Crippen molar-refractivity contribution in [1.29, 1.82) is 0 Å². The molecule has 0 radical (unpaired) electrons. The molecule has 0 aromatic carbocycles. The maximum Gasteiger partial charge on any atom is 0.246 e. The Bertz CT molecular complexity index is 543. The zero-order valence-electron chi connectivity index (χ0n) is 12.5. The predicted molar refractivity (Wildman–Crippen MR) is 78.2 cm³/mol. The average molecular weight is 300 g/mol. The molecule has 6 heteroatoms. The Kier molecular flexibility index (Phi) is 4.88. The standard InChI is InChI=1S/C14H24N2O3S/c1-4-15-10-13-5-7-16(8-6-13)20(17,18)14-9-11(2)19-12(14)3/h9,13,15H,4-8,10H2,1-3H3. The quantitative estimate of drug-likeness (QED) is 0.902. The molecular formula is C14H24N2O3S. The fourth-order valence-electron chi connectivity index (χ4n) is 2.70. The highest BCUT2D eigenvalue weighted by molar-refractivity contribution is 7.89. The largest absolute Gasteiger partial charge is 0.465 e. The highest BCUT2D eigenvalue weighted by Gasteiger charge is 2.31. The highest BCUT2D eigenvalue weighted by Crippen LogP contribution is 2.27. The molecule has 0 saturated carbocycles. The highest BCUT2D eigenvalue weighted by atomic mass is 32.2. The monoisotopic (exact) mass is 300 g/mol. The lowest BCUT2D eigenvalue weighted by Crippen LogP contribution is -2.40. The smallest absolute Gasteiger partial charge is 0.246 e. The Morgan fingerprint density at radius 1 is 1.35 bits per heavy atom. The topological polar surface area (TPSA) is 62.6 Å². The van der Waals surface area contributed by atoms with Crippen molar-refractivity contribution in [3.63, 3.8) is 0 Å². The van der Waals surface area contributed by atoms with Gasteiger partial charge in [0.1, 0.15) is 16.4 Å². The van der Waals surface area contributed by atoms with Gasteiger partial charge in [0.25, 0.3) is 0 Å². The third-order valence-corrected chi connectivity index (χ3v) is 5.88. The summed E-state index contributed by atoms with van der Waals surface area (Å²) in [5.41, 5.74) is 0. The predicted octanol–water partition coefficient (Wildman–Crippen LogP) is 1.91. The van der Waals surface area contributed by atoms with Gasteiger partial charge in [0.2, 0.25) is 10.0 Å². The normalized spacial score (nSPS) is 18.6. The van der Waals surface area contributed by atoms with Gasteiger partial charge in [-0.15, -0.1) is 0 Å². The molecule has 1 aromatic rings. The van der Waals surface area contributed by atoms with Crippen molar-refractivity contribution in [1.82, 2.24) is 9.62 Å². The van der Waals surface area contributed by atoms with Crippen molar-refractivity contribution in [2.45, 2.75) is 38.5 Å². The second-order valence-corrected chi connectivity index (χ2v) is 7.34. The van der Waals surface area contributed by atoms with Crippen LogP contribution in [0.15, 0.2) is 15.4 Å². The van der Waals surface area contributed by atoms with E-state index in [0.29, 0.717) is 35.4 Å². The molecule has 20 heavy (non-hydrogen) atoms. The number of piperidine rings is 1. The number of nitrogens with one attached hydrogen (secondary N) is 1. The van der Waals surface area contributed by atoms with Gasteiger partial charge >= 0.3 is 0 Å². The second kappa shape index (κ2) is 6.28. The van der Waals surface area contributed by atoms with E-state index >= 15 is 0 Å². The molecule has 0 amide bonds. The molecule has 5 nitrogen and oxygen atoms in total. The molecule has 0 aliphatic carbocycles. The summed E-state index contributed by atoms with van der Waals surface area (Å²) >= 11 is 0. The Hall–Kier alpha value is -0.850. The summed E-state index contributed by atoms with van der Waals surface area (Å²) < 4.78 is 32.1. The molecule has 0 unspecified atom stereocenters. The SMILES string of the molecule is CCNCC1CCN(S(=O)(=O)c2cc(C)oc2C)CC1. The molecule has 1 fully saturated rings. The summed E-state index contributed by atoms with van der Waals surface area (Å²) in [7, 11) is -3.40. The van der Waals surface area contributed by atoms with Gasteiger partial charge in [0.15, 0.2) is 0 Å². The fraction of sp³-hybridized carbons (Fsp3) is 0.714. The molecule has 1 aliphatic rings. The van der Waals surface area contributed by atoms with E-state index in [1.165, 1.54) is 0 Å². The van der Waals surface area contributed by atoms with Crippen molar-refractivity contribution in [2.75, 3.05) is 26.2 Å². The van der Waals surface area contributed by atoms with Crippen LogP contribution in [0.3, 0.4) is 0 Å². The van der Waals surface area contributed by atoms with Crippen LogP contribution in [-0.4, -0.2) is 38.9 Å². The van der Waals surface area contributed by atoms with Crippen LogP contribution in [0.25, 0.3) is 0 Å². The minimum absolute atomic E-state index is 0.320. The summed E-state index contributed by atoms with van der Waals surface area (Å²) in [6.07, 6.45) is 1.84. The second-order valence-electron chi connectivity index (χ2n) is 5.43. The van der Waals surface area contributed by atoms with Crippen LogP contribution in [0, 0.1) is 19.8 Å². The Labute approximate surface area is 121 Å². The Morgan fingerprint density at radius 3 is 2.50 bits per heavy atom. The first-order chi connectivity index (χ1) is 9.45. The Morgan fingerprint density at radius 2 is 2.00 bits per heavy atom. The molecule has 1 aliphatic heterocycles. The van der Waals surface area contributed by atoms with Gasteiger partial charge in [-0.2, -0.15) is 4.31 Å². The average Bonchev–Trinajstić information content (AvgIpc) is 2.76. The summed E-state index contributed by atoms with van der Waals surface area (Å²) in [6.45, 7) is 8.71. The van der Waals surface area contributed by atoms with Crippen LogP contribution >= 0.6 is 0 Å². The summed E-state index contributed by atoms with van der Waals surface area (Å²) in [6, 6.07) is 1.62. The molecule has 1 aromatic heterocycles. The van der Waals surface area contributed by atoms with E-state index in [2.05, 4.69) is 12.2 Å². The fourth-order valence-corrected chi connectivity index (χ4v) is 4.39. The molecule has 0 atom stereocenters. The maximum atomic E-state index is 12.6. The van der Waals surface area contributed by atoms with Gasteiger partial charge in [-0.05, 0) is 51.8 Å². The molecule has 0 spiro atoms. The molecule has 2 rings (SSSR count). The van der Waals surface area contributed by atoms with E-state index in [4.69, 9.17) is 4.42 Å². The van der Waals surface area contributed by atoms with E-state index in [0.717, 1.165) is 25.9 Å². The lowest BCUT2D eigenvalue weighted by atomic mass is 9.98. The van der Waals surface area contributed by atoms with Crippen molar-refractivity contribution in [3.8, 4) is 0 Å².